The molecule has 0 aliphatic carbocycles. The molecule has 120 valence electrons. The molecule has 0 spiro atoms. The van der Waals surface area contributed by atoms with Crippen molar-refractivity contribution in [3.63, 3.8) is 0 Å². The third-order valence-corrected chi connectivity index (χ3v) is 5.73. The fraction of sp³-hybridized carbons (Fsp3) is 0.467. The summed E-state index contributed by atoms with van der Waals surface area (Å²) >= 11 is 0. The van der Waals surface area contributed by atoms with Crippen molar-refractivity contribution < 1.29 is 23.1 Å². The van der Waals surface area contributed by atoms with Crippen molar-refractivity contribution in [3.05, 3.63) is 35.4 Å². The van der Waals surface area contributed by atoms with Crippen LogP contribution >= 0.6 is 0 Å². The van der Waals surface area contributed by atoms with Crippen LogP contribution in [0, 0.1) is 0 Å². The molecule has 2 rings (SSSR count). The number of aryl methyl sites for hydroxylation is 1. The van der Waals surface area contributed by atoms with Crippen molar-refractivity contribution in [1.82, 2.24) is 4.90 Å². The Labute approximate surface area is 129 Å². The Balaban J connectivity index is 1.88. The molecule has 7 heteroatoms. The molecule has 6 nitrogen and oxygen atoms in total. The molecular formula is C15H19NO5S. The molecule has 1 aliphatic rings. The summed E-state index contributed by atoms with van der Waals surface area (Å²) in [4.78, 5) is 24.4. The predicted octanol–water partition coefficient (Wildman–Crippen LogP) is 0.963. The van der Waals surface area contributed by atoms with Gasteiger partial charge >= 0.3 is 5.97 Å². The van der Waals surface area contributed by atoms with E-state index < -0.39 is 15.8 Å². The third-order valence-electron chi connectivity index (χ3n) is 3.98. The van der Waals surface area contributed by atoms with Crippen molar-refractivity contribution in [1.29, 1.82) is 0 Å². The number of carboxylic acids is 1. The second kappa shape index (κ2) is 6.48. The van der Waals surface area contributed by atoms with Crippen LogP contribution in [-0.2, 0) is 21.1 Å². The van der Waals surface area contributed by atoms with Gasteiger partial charge in [-0.2, -0.15) is 0 Å². The van der Waals surface area contributed by atoms with Crippen LogP contribution in [0.5, 0.6) is 0 Å². The van der Waals surface area contributed by atoms with E-state index >= 15 is 0 Å². The zero-order chi connectivity index (χ0) is 16.3. The monoisotopic (exact) mass is 325 g/mol. The van der Waals surface area contributed by atoms with Gasteiger partial charge in [0.2, 0.25) is 5.91 Å². The zero-order valence-electron chi connectivity index (χ0n) is 12.4. The van der Waals surface area contributed by atoms with Gasteiger partial charge in [0.1, 0.15) is 0 Å². The standard InChI is InChI=1S/C15H19NO5S/c1-16(13-8-9-22(20,21)10-13)14(17)7-4-11-2-5-12(6-3-11)15(18)19/h2-3,5-6,13H,4,7-10H2,1H3,(H,18,19)/t13-/m1/s1. The van der Waals surface area contributed by atoms with Gasteiger partial charge in [-0.1, -0.05) is 12.1 Å². The maximum atomic E-state index is 12.1. The van der Waals surface area contributed by atoms with Crippen LogP contribution in [0.4, 0.5) is 0 Å². The van der Waals surface area contributed by atoms with Crippen molar-refractivity contribution in [2.75, 3.05) is 18.6 Å². The van der Waals surface area contributed by atoms with Crippen LogP contribution in [0.1, 0.15) is 28.8 Å². The maximum absolute atomic E-state index is 12.1. The van der Waals surface area contributed by atoms with E-state index in [-0.39, 0.29) is 35.4 Å². The minimum Gasteiger partial charge on any atom is -0.478 e. The molecule has 1 aromatic carbocycles. The highest BCUT2D eigenvalue weighted by molar-refractivity contribution is 7.91. The van der Waals surface area contributed by atoms with Gasteiger partial charge in [-0.25, -0.2) is 13.2 Å². The average molecular weight is 325 g/mol. The summed E-state index contributed by atoms with van der Waals surface area (Å²) in [7, 11) is -1.36. The number of hydrogen-bond donors (Lipinski definition) is 1. The number of aromatic carboxylic acids is 1. The molecule has 0 saturated carbocycles. The van der Waals surface area contributed by atoms with Crippen molar-refractivity contribution in [2.24, 2.45) is 0 Å². The molecule has 1 atom stereocenters. The van der Waals surface area contributed by atoms with E-state index in [0.717, 1.165) is 5.56 Å². The van der Waals surface area contributed by atoms with E-state index in [1.54, 1.807) is 19.2 Å². The number of carbonyl (C=O) groups excluding carboxylic acids is 1. The summed E-state index contributed by atoms with van der Waals surface area (Å²) in [5, 5.41) is 8.82. The Kier molecular flexibility index (Phi) is 4.85. The lowest BCUT2D eigenvalue weighted by Crippen LogP contribution is -2.37. The second-order valence-electron chi connectivity index (χ2n) is 5.56. The highest BCUT2D eigenvalue weighted by Crippen LogP contribution is 2.17. The summed E-state index contributed by atoms with van der Waals surface area (Å²) in [6, 6.07) is 6.17. The summed E-state index contributed by atoms with van der Waals surface area (Å²) in [5.74, 6) is -0.886. The van der Waals surface area contributed by atoms with E-state index in [4.69, 9.17) is 5.11 Å². The summed E-state index contributed by atoms with van der Waals surface area (Å²) in [5.41, 5.74) is 1.09. The SMILES string of the molecule is CN(C(=O)CCc1ccc(C(=O)O)cc1)[C@@H]1CCS(=O)(=O)C1. The van der Waals surface area contributed by atoms with Gasteiger partial charge in [0.05, 0.1) is 17.1 Å². The number of nitrogens with zero attached hydrogens (tertiary/aromatic N) is 1. The maximum Gasteiger partial charge on any atom is 0.335 e. The largest absolute Gasteiger partial charge is 0.478 e. The molecule has 0 bridgehead atoms. The highest BCUT2D eigenvalue weighted by atomic mass is 32.2. The number of carbonyl (C=O) groups is 2. The fourth-order valence-electron chi connectivity index (χ4n) is 2.53. The molecular weight excluding hydrogens is 306 g/mol. The quantitative estimate of drug-likeness (QED) is 0.870. The minimum absolute atomic E-state index is 0.0442. The molecule has 1 N–H and O–H groups in total. The van der Waals surface area contributed by atoms with Gasteiger partial charge < -0.3 is 10.0 Å². The van der Waals surface area contributed by atoms with Crippen LogP contribution in [-0.4, -0.2) is 54.9 Å². The lowest BCUT2D eigenvalue weighted by Gasteiger charge is -2.23. The molecule has 1 aromatic rings. The average Bonchev–Trinajstić information content (AvgIpc) is 2.84. The van der Waals surface area contributed by atoms with Crippen LogP contribution in [0.3, 0.4) is 0 Å². The number of carboxylic acid groups (broad SMARTS) is 1. The Morgan fingerprint density at radius 2 is 1.91 bits per heavy atom. The lowest BCUT2D eigenvalue weighted by molar-refractivity contribution is -0.131. The molecule has 0 unspecified atom stereocenters. The van der Waals surface area contributed by atoms with E-state index in [2.05, 4.69) is 0 Å². The van der Waals surface area contributed by atoms with E-state index in [1.807, 2.05) is 0 Å². The van der Waals surface area contributed by atoms with Crippen molar-refractivity contribution in [2.45, 2.75) is 25.3 Å². The Hall–Kier alpha value is -1.89. The van der Waals surface area contributed by atoms with E-state index in [0.29, 0.717) is 12.8 Å². The predicted molar refractivity (Wildman–Crippen MR) is 81.6 cm³/mol. The first-order valence-electron chi connectivity index (χ1n) is 7.07. The van der Waals surface area contributed by atoms with Crippen LogP contribution < -0.4 is 0 Å². The smallest absolute Gasteiger partial charge is 0.335 e. The number of amides is 1. The molecule has 0 aromatic heterocycles. The van der Waals surface area contributed by atoms with Gasteiger partial charge in [-0.15, -0.1) is 0 Å². The van der Waals surface area contributed by atoms with Crippen LogP contribution in [0.2, 0.25) is 0 Å². The highest BCUT2D eigenvalue weighted by Gasteiger charge is 2.32. The van der Waals surface area contributed by atoms with Crippen molar-refractivity contribution >= 4 is 21.7 Å². The Morgan fingerprint density at radius 1 is 1.27 bits per heavy atom. The van der Waals surface area contributed by atoms with Gasteiger partial charge in [0.25, 0.3) is 0 Å². The van der Waals surface area contributed by atoms with Gasteiger partial charge in [0.15, 0.2) is 9.84 Å². The third kappa shape index (κ3) is 4.07. The fourth-order valence-corrected chi connectivity index (χ4v) is 4.30. The van der Waals surface area contributed by atoms with Crippen LogP contribution in [0.15, 0.2) is 24.3 Å². The number of rotatable bonds is 5. The van der Waals surface area contributed by atoms with Crippen molar-refractivity contribution in [3.8, 4) is 0 Å². The molecule has 22 heavy (non-hydrogen) atoms. The first kappa shape index (κ1) is 16.5. The van der Waals surface area contributed by atoms with E-state index in [1.165, 1.54) is 17.0 Å². The van der Waals surface area contributed by atoms with Crippen LogP contribution in [0.25, 0.3) is 0 Å². The Morgan fingerprint density at radius 3 is 2.41 bits per heavy atom. The summed E-state index contributed by atoms with van der Waals surface area (Å²) < 4.78 is 22.9. The number of hydrogen-bond acceptors (Lipinski definition) is 4. The molecule has 1 heterocycles. The number of benzene rings is 1. The Bertz CT molecular complexity index is 666. The molecule has 1 aliphatic heterocycles. The first-order chi connectivity index (χ1) is 10.3. The minimum atomic E-state index is -3.00. The van der Waals surface area contributed by atoms with Gasteiger partial charge in [-0.3, -0.25) is 4.79 Å². The molecule has 1 amide bonds. The van der Waals surface area contributed by atoms with Gasteiger partial charge in [-0.05, 0) is 30.5 Å². The normalized spacial score (nSPS) is 19.8. The summed E-state index contributed by atoms with van der Waals surface area (Å²) in [6.07, 6.45) is 1.28. The molecule has 1 fully saturated rings. The second-order valence-corrected chi connectivity index (χ2v) is 7.79. The van der Waals surface area contributed by atoms with E-state index in [9.17, 15) is 18.0 Å². The van der Waals surface area contributed by atoms with Gasteiger partial charge in [0, 0.05) is 19.5 Å². The lowest BCUT2D eigenvalue weighted by atomic mass is 10.1. The first-order valence-corrected chi connectivity index (χ1v) is 8.89. The topological polar surface area (TPSA) is 91.8 Å². The number of sulfone groups is 1. The molecule has 0 radical (unpaired) electrons. The summed E-state index contributed by atoms with van der Waals surface area (Å²) in [6.45, 7) is 0. The molecule has 1 saturated heterocycles. The zero-order valence-corrected chi connectivity index (χ0v) is 13.2.